The van der Waals surface area contributed by atoms with Crippen molar-refractivity contribution in [2.24, 2.45) is 0 Å². The Labute approximate surface area is 165 Å². The highest BCUT2D eigenvalue weighted by atomic mass is 16.2. The molecular weight excluding hydrogens is 346 g/mol. The van der Waals surface area contributed by atoms with Crippen LogP contribution in [0.5, 0.6) is 0 Å². The van der Waals surface area contributed by atoms with Crippen molar-refractivity contribution in [3.63, 3.8) is 0 Å². The third-order valence-corrected chi connectivity index (χ3v) is 5.00. The van der Waals surface area contributed by atoms with Crippen LogP contribution in [0.1, 0.15) is 33.3 Å². The van der Waals surface area contributed by atoms with Gasteiger partial charge in [-0.05, 0) is 56.2 Å². The molecule has 0 saturated heterocycles. The van der Waals surface area contributed by atoms with Crippen molar-refractivity contribution in [1.29, 1.82) is 0 Å². The Kier molecular flexibility index (Phi) is 4.22. The van der Waals surface area contributed by atoms with Gasteiger partial charge in [-0.15, -0.1) is 0 Å². The number of hydrogen-bond donors (Lipinski definition) is 0. The first-order chi connectivity index (χ1) is 13.3. The first kappa shape index (κ1) is 18.2. The van der Waals surface area contributed by atoms with Crippen molar-refractivity contribution < 1.29 is 4.79 Å². The molecule has 0 saturated carbocycles. The summed E-state index contributed by atoms with van der Waals surface area (Å²) in [6, 6.07) is 18.6. The summed E-state index contributed by atoms with van der Waals surface area (Å²) >= 11 is 0. The van der Waals surface area contributed by atoms with Crippen LogP contribution in [-0.2, 0) is 4.79 Å². The first-order valence-electron chi connectivity index (χ1n) is 9.55. The molecule has 4 rings (SSSR count). The Hall–Kier alpha value is -3.14. The summed E-state index contributed by atoms with van der Waals surface area (Å²) in [6.07, 6.45) is 2.00. The average molecular weight is 371 g/mol. The first-order valence-corrected chi connectivity index (χ1v) is 9.55. The van der Waals surface area contributed by atoms with Crippen LogP contribution in [0.25, 0.3) is 27.7 Å². The average Bonchev–Trinajstić information content (AvgIpc) is 2.97. The minimum atomic E-state index is -0.383. The van der Waals surface area contributed by atoms with Crippen LogP contribution in [0.4, 0.5) is 5.82 Å². The summed E-state index contributed by atoms with van der Waals surface area (Å²) in [5, 5.41) is 2.29. The molecule has 0 radical (unpaired) electrons. The van der Waals surface area contributed by atoms with E-state index in [1.165, 1.54) is 0 Å². The van der Waals surface area contributed by atoms with Gasteiger partial charge in [-0.25, -0.2) is 4.98 Å². The molecule has 4 heteroatoms. The van der Waals surface area contributed by atoms with Gasteiger partial charge in [0.25, 0.3) is 0 Å². The highest BCUT2D eigenvalue weighted by molar-refractivity contribution is 6.02. The van der Waals surface area contributed by atoms with Crippen molar-refractivity contribution >= 4 is 28.1 Å². The fourth-order valence-electron chi connectivity index (χ4n) is 3.90. The Bertz CT molecular complexity index is 1190. The smallest absolute Gasteiger partial charge is 0.225 e. The summed E-state index contributed by atoms with van der Waals surface area (Å²) in [7, 11) is 0. The van der Waals surface area contributed by atoms with Gasteiger partial charge in [-0.1, -0.05) is 42.5 Å². The topological polar surface area (TPSA) is 37.6 Å². The van der Waals surface area contributed by atoms with Gasteiger partial charge in [0.05, 0.1) is 0 Å². The van der Waals surface area contributed by atoms with E-state index in [1.807, 2.05) is 39.8 Å². The lowest BCUT2D eigenvalue weighted by Gasteiger charge is -2.35. The highest BCUT2D eigenvalue weighted by Crippen LogP contribution is 2.38. The van der Waals surface area contributed by atoms with E-state index in [-0.39, 0.29) is 11.4 Å². The van der Waals surface area contributed by atoms with Crippen LogP contribution in [0.2, 0.25) is 0 Å². The van der Waals surface area contributed by atoms with Crippen molar-refractivity contribution in [2.45, 2.75) is 40.2 Å². The molecule has 0 aliphatic heterocycles. The van der Waals surface area contributed by atoms with E-state index in [0.29, 0.717) is 0 Å². The molecule has 1 amide bonds. The van der Waals surface area contributed by atoms with Crippen LogP contribution < -0.4 is 4.90 Å². The maximum Gasteiger partial charge on any atom is 0.225 e. The Balaban J connectivity index is 2.13. The molecule has 0 spiro atoms. The Morgan fingerprint density at radius 3 is 2.46 bits per heavy atom. The maximum atomic E-state index is 12.7. The molecule has 0 unspecified atom stereocenters. The minimum Gasteiger partial charge on any atom is -0.291 e. The number of nitrogens with zero attached hydrogens (tertiary/aromatic N) is 3. The fourth-order valence-corrected chi connectivity index (χ4v) is 3.90. The van der Waals surface area contributed by atoms with E-state index in [9.17, 15) is 4.79 Å². The van der Waals surface area contributed by atoms with E-state index in [2.05, 4.69) is 58.0 Å². The number of fused-ring (bicyclic) bond motifs is 2. The monoisotopic (exact) mass is 371 g/mol. The van der Waals surface area contributed by atoms with Crippen LogP contribution in [0.15, 0.2) is 60.8 Å². The lowest BCUT2D eigenvalue weighted by atomic mass is 10.0. The Morgan fingerprint density at radius 2 is 1.75 bits per heavy atom. The molecule has 0 N–H and O–H groups in total. The number of pyridine rings is 1. The number of rotatable bonds is 2. The number of aromatic nitrogens is 2. The molecule has 4 nitrogen and oxygen atoms in total. The predicted molar refractivity (Wildman–Crippen MR) is 116 cm³/mol. The summed E-state index contributed by atoms with van der Waals surface area (Å²) in [5.41, 5.74) is 3.45. The molecule has 0 atom stereocenters. The third-order valence-electron chi connectivity index (χ3n) is 5.00. The van der Waals surface area contributed by atoms with Gasteiger partial charge in [-0.2, -0.15) is 0 Å². The second-order valence-electron chi connectivity index (χ2n) is 8.27. The van der Waals surface area contributed by atoms with Crippen molar-refractivity contribution in [3.8, 4) is 11.3 Å². The number of hydrogen-bond acceptors (Lipinski definition) is 2. The van der Waals surface area contributed by atoms with Crippen LogP contribution in [0, 0.1) is 6.92 Å². The molecule has 0 bridgehead atoms. The molecule has 142 valence electrons. The van der Waals surface area contributed by atoms with E-state index in [1.54, 1.807) is 6.92 Å². The number of aryl methyl sites for hydroxylation is 1. The van der Waals surface area contributed by atoms with Gasteiger partial charge < -0.3 is 0 Å². The Morgan fingerprint density at radius 1 is 1.04 bits per heavy atom. The van der Waals surface area contributed by atoms with Gasteiger partial charge in [0, 0.05) is 24.2 Å². The highest BCUT2D eigenvalue weighted by Gasteiger charge is 2.31. The number of carbonyl (C=O) groups excluding carboxylic acids is 1. The molecular formula is C24H25N3O. The fraction of sp³-hybridized carbons (Fsp3) is 0.250. The van der Waals surface area contributed by atoms with Gasteiger partial charge in [0.1, 0.15) is 17.2 Å². The predicted octanol–water partition coefficient (Wildman–Crippen LogP) is 5.61. The summed E-state index contributed by atoms with van der Waals surface area (Å²) in [5.74, 6) is 0.808. The number of anilines is 1. The normalized spacial score (nSPS) is 11.9. The van der Waals surface area contributed by atoms with Crippen molar-refractivity contribution in [3.05, 3.63) is 66.4 Å². The third kappa shape index (κ3) is 2.95. The zero-order valence-electron chi connectivity index (χ0n) is 17.0. The summed E-state index contributed by atoms with van der Waals surface area (Å²) in [6.45, 7) is 9.82. The van der Waals surface area contributed by atoms with E-state index in [4.69, 9.17) is 4.98 Å². The zero-order valence-corrected chi connectivity index (χ0v) is 17.0. The molecule has 0 aliphatic carbocycles. The second-order valence-corrected chi connectivity index (χ2v) is 8.27. The molecule has 2 aromatic carbocycles. The number of carbonyl (C=O) groups is 1. The van der Waals surface area contributed by atoms with Crippen LogP contribution in [0.3, 0.4) is 0 Å². The molecule has 28 heavy (non-hydrogen) atoms. The molecule has 4 aromatic rings. The second kappa shape index (κ2) is 6.48. The summed E-state index contributed by atoms with van der Waals surface area (Å²) < 4.78 is 2.02. The number of imidazole rings is 1. The summed E-state index contributed by atoms with van der Waals surface area (Å²) in [4.78, 5) is 19.6. The molecule has 2 heterocycles. The SMILES string of the molecule is CC(=O)N(c1c(-c2cccc3ccccc23)nc2cc(C)ccn12)C(C)(C)C. The lowest BCUT2D eigenvalue weighted by Crippen LogP contribution is -2.45. The van der Waals surface area contributed by atoms with Crippen LogP contribution >= 0.6 is 0 Å². The van der Waals surface area contributed by atoms with Crippen molar-refractivity contribution in [1.82, 2.24) is 9.38 Å². The van der Waals surface area contributed by atoms with Gasteiger partial charge in [0.15, 0.2) is 0 Å². The zero-order chi connectivity index (χ0) is 20.1. The standard InChI is InChI=1S/C24H25N3O/c1-16-13-14-26-21(15-16)25-22(23(26)27(17(2)28)24(3,4)5)20-12-8-10-18-9-6-7-11-19(18)20/h6-15H,1-5H3. The van der Waals surface area contributed by atoms with Crippen molar-refractivity contribution in [2.75, 3.05) is 4.90 Å². The quantitative estimate of drug-likeness (QED) is 0.459. The minimum absolute atomic E-state index is 0.00337. The van der Waals surface area contributed by atoms with Gasteiger partial charge in [0.2, 0.25) is 5.91 Å². The van der Waals surface area contributed by atoms with E-state index in [0.717, 1.165) is 39.1 Å². The van der Waals surface area contributed by atoms with Gasteiger partial charge >= 0.3 is 0 Å². The lowest BCUT2D eigenvalue weighted by molar-refractivity contribution is -0.117. The molecule has 0 fully saturated rings. The van der Waals surface area contributed by atoms with E-state index < -0.39 is 0 Å². The van der Waals surface area contributed by atoms with Crippen LogP contribution in [-0.4, -0.2) is 20.8 Å². The maximum absolute atomic E-state index is 12.7. The number of benzene rings is 2. The van der Waals surface area contributed by atoms with E-state index >= 15 is 0 Å². The largest absolute Gasteiger partial charge is 0.291 e. The number of amides is 1. The molecule has 0 aliphatic rings. The molecule has 2 aromatic heterocycles. The van der Waals surface area contributed by atoms with Gasteiger partial charge in [-0.3, -0.25) is 14.1 Å².